The van der Waals surface area contributed by atoms with Crippen LogP contribution in [0.5, 0.6) is 0 Å². The third-order valence-electron chi connectivity index (χ3n) is 5.77. The molecule has 3 atom stereocenters. The summed E-state index contributed by atoms with van der Waals surface area (Å²) in [6.45, 7) is 1.18. The van der Waals surface area contributed by atoms with Crippen molar-refractivity contribution in [2.75, 3.05) is 13.1 Å². The van der Waals surface area contributed by atoms with Crippen molar-refractivity contribution in [2.24, 2.45) is 5.92 Å². The minimum atomic E-state index is -0.410. The van der Waals surface area contributed by atoms with E-state index in [-0.39, 0.29) is 30.4 Å². The van der Waals surface area contributed by atoms with Gasteiger partial charge < -0.3 is 15.0 Å². The number of carbonyl (C=O) groups is 2. The lowest BCUT2D eigenvalue weighted by atomic mass is 9.90. The van der Waals surface area contributed by atoms with Gasteiger partial charge in [0.15, 0.2) is 0 Å². The Kier molecular flexibility index (Phi) is 4.89. The van der Waals surface area contributed by atoms with Gasteiger partial charge in [0.25, 0.3) is 0 Å². The van der Waals surface area contributed by atoms with Crippen molar-refractivity contribution in [3.63, 3.8) is 0 Å². The number of nitrogens with one attached hydrogen (secondary N) is 1. The quantitative estimate of drug-likeness (QED) is 0.881. The molecular formula is C19H24FN3O3. The molecule has 3 fully saturated rings. The first-order valence-electron chi connectivity index (χ1n) is 9.42. The highest BCUT2D eigenvalue weighted by Crippen LogP contribution is 2.34. The number of ether oxygens (including phenoxy) is 1. The molecule has 3 heterocycles. The van der Waals surface area contributed by atoms with E-state index in [4.69, 9.17) is 4.74 Å². The van der Waals surface area contributed by atoms with Gasteiger partial charge in [-0.1, -0.05) is 0 Å². The Labute approximate surface area is 152 Å². The molecule has 0 aromatic carbocycles. The van der Waals surface area contributed by atoms with Crippen LogP contribution in [-0.4, -0.2) is 53.0 Å². The summed E-state index contributed by atoms with van der Waals surface area (Å²) in [6.07, 6.45) is 5.71. The Balaban J connectivity index is 1.30. The highest BCUT2D eigenvalue weighted by Gasteiger charge is 2.43. The summed E-state index contributed by atoms with van der Waals surface area (Å²) in [5.41, 5.74) is 0.559. The average molecular weight is 361 g/mol. The minimum absolute atomic E-state index is 0.00233. The zero-order valence-electron chi connectivity index (χ0n) is 14.7. The van der Waals surface area contributed by atoms with Crippen LogP contribution in [0.4, 0.5) is 4.39 Å². The van der Waals surface area contributed by atoms with Crippen molar-refractivity contribution < 1.29 is 18.7 Å². The molecule has 1 aromatic heterocycles. The number of halogens is 1. The number of hydrogen-bond acceptors (Lipinski definition) is 4. The number of piperidine rings is 1. The van der Waals surface area contributed by atoms with Crippen molar-refractivity contribution >= 4 is 11.8 Å². The monoisotopic (exact) mass is 361 g/mol. The fourth-order valence-corrected chi connectivity index (χ4v) is 3.95. The van der Waals surface area contributed by atoms with E-state index in [1.54, 1.807) is 4.90 Å². The molecule has 1 aromatic rings. The lowest BCUT2D eigenvalue weighted by molar-refractivity contribution is -0.138. The molecule has 1 unspecified atom stereocenters. The molecule has 0 radical (unpaired) electrons. The molecule has 2 amide bonds. The van der Waals surface area contributed by atoms with Gasteiger partial charge in [0.1, 0.15) is 11.9 Å². The van der Waals surface area contributed by atoms with Gasteiger partial charge in [0, 0.05) is 24.8 Å². The van der Waals surface area contributed by atoms with E-state index in [9.17, 15) is 14.0 Å². The minimum Gasteiger partial charge on any atom is -0.363 e. The van der Waals surface area contributed by atoms with Gasteiger partial charge in [-0.3, -0.25) is 14.6 Å². The molecule has 140 valence electrons. The maximum Gasteiger partial charge on any atom is 0.249 e. The smallest absolute Gasteiger partial charge is 0.249 e. The fourth-order valence-electron chi connectivity index (χ4n) is 3.95. The standard InChI is InChI=1S/C19H24FN3O3/c20-13-4-5-15(21-10-13)9-18(24)23-7-6-12-8-16(26-17(12)11-23)19(25)22-14-2-1-3-14/h4-5,10,12,14,16-17H,1-3,6-9,11H2,(H,22,25)/t12-,16?,17-/m0/s1. The third kappa shape index (κ3) is 3.72. The number of hydrogen-bond donors (Lipinski definition) is 1. The Bertz CT molecular complexity index is 677. The van der Waals surface area contributed by atoms with Crippen molar-refractivity contribution in [2.45, 2.75) is 56.8 Å². The van der Waals surface area contributed by atoms with E-state index in [2.05, 4.69) is 10.3 Å². The third-order valence-corrected chi connectivity index (χ3v) is 5.77. The number of amides is 2. The van der Waals surface area contributed by atoms with Crippen molar-refractivity contribution in [1.82, 2.24) is 15.2 Å². The fraction of sp³-hybridized carbons (Fsp3) is 0.632. The van der Waals surface area contributed by atoms with Gasteiger partial charge in [0.05, 0.1) is 18.7 Å². The van der Waals surface area contributed by atoms with Gasteiger partial charge in [-0.15, -0.1) is 0 Å². The lowest BCUT2D eigenvalue weighted by Crippen LogP contribution is -2.46. The predicted octanol–water partition coefficient (Wildman–Crippen LogP) is 1.44. The molecule has 2 saturated heterocycles. The van der Waals surface area contributed by atoms with Crippen LogP contribution in [-0.2, 0) is 20.7 Å². The maximum absolute atomic E-state index is 12.9. The second-order valence-electron chi connectivity index (χ2n) is 7.57. The highest BCUT2D eigenvalue weighted by molar-refractivity contribution is 5.81. The zero-order chi connectivity index (χ0) is 18.1. The van der Waals surface area contributed by atoms with Gasteiger partial charge in [-0.2, -0.15) is 0 Å². The second-order valence-corrected chi connectivity index (χ2v) is 7.57. The summed E-state index contributed by atoms with van der Waals surface area (Å²) in [4.78, 5) is 30.6. The van der Waals surface area contributed by atoms with Crippen LogP contribution in [0, 0.1) is 11.7 Å². The Morgan fingerprint density at radius 2 is 2.15 bits per heavy atom. The topological polar surface area (TPSA) is 71.5 Å². The van der Waals surface area contributed by atoms with Crippen LogP contribution in [0.1, 0.15) is 37.8 Å². The molecular weight excluding hydrogens is 337 g/mol. The summed E-state index contributed by atoms with van der Waals surface area (Å²) >= 11 is 0. The number of fused-ring (bicyclic) bond motifs is 1. The predicted molar refractivity (Wildman–Crippen MR) is 91.6 cm³/mol. The number of likely N-dealkylation sites (tertiary alicyclic amines) is 1. The first-order valence-corrected chi connectivity index (χ1v) is 9.42. The first kappa shape index (κ1) is 17.4. The number of aromatic nitrogens is 1. The molecule has 6 nitrogen and oxygen atoms in total. The molecule has 0 spiro atoms. The zero-order valence-corrected chi connectivity index (χ0v) is 14.7. The molecule has 1 saturated carbocycles. The molecule has 2 aliphatic heterocycles. The summed E-state index contributed by atoms with van der Waals surface area (Å²) in [7, 11) is 0. The largest absolute Gasteiger partial charge is 0.363 e. The molecule has 1 aliphatic carbocycles. The molecule has 1 N–H and O–H groups in total. The van der Waals surface area contributed by atoms with E-state index in [1.165, 1.54) is 18.6 Å². The summed E-state index contributed by atoms with van der Waals surface area (Å²) in [5, 5.41) is 3.06. The van der Waals surface area contributed by atoms with E-state index >= 15 is 0 Å². The van der Waals surface area contributed by atoms with Crippen LogP contribution < -0.4 is 5.32 Å². The summed E-state index contributed by atoms with van der Waals surface area (Å²) in [6, 6.07) is 3.16. The van der Waals surface area contributed by atoms with E-state index in [1.807, 2.05) is 0 Å². The molecule has 4 rings (SSSR count). The van der Waals surface area contributed by atoms with Crippen LogP contribution in [0.3, 0.4) is 0 Å². The number of carbonyl (C=O) groups excluding carboxylic acids is 2. The van der Waals surface area contributed by atoms with Gasteiger partial charge in [-0.25, -0.2) is 4.39 Å². The number of rotatable bonds is 4. The Morgan fingerprint density at radius 1 is 1.31 bits per heavy atom. The summed E-state index contributed by atoms with van der Waals surface area (Å²) in [5.74, 6) is -0.112. The average Bonchev–Trinajstić information content (AvgIpc) is 3.03. The van der Waals surface area contributed by atoms with Crippen LogP contribution in [0.25, 0.3) is 0 Å². The SMILES string of the molecule is O=C(NC1CCC1)C1C[C@@H]2CCN(C(=O)Cc3ccc(F)cn3)C[C@@H]2O1. The van der Waals surface area contributed by atoms with Crippen LogP contribution >= 0.6 is 0 Å². The first-order chi connectivity index (χ1) is 12.6. The van der Waals surface area contributed by atoms with Crippen molar-refractivity contribution in [1.29, 1.82) is 0 Å². The second kappa shape index (κ2) is 7.31. The van der Waals surface area contributed by atoms with Crippen molar-refractivity contribution in [3.8, 4) is 0 Å². The normalized spacial score (nSPS) is 28.3. The number of nitrogens with zero attached hydrogens (tertiary/aromatic N) is 2. The van der Waals surface area contributed by atoms with E-state index < -0.39 is 5.82 Å². The Hall–Kier alpha value is -2.02. The molecule has 7 heteroatoms. The van der Waals surface area contributed by atoms with Crippen molar-refractivity contribution in [3.05, 3.63) is 29.8 Å². The van der Waals surface area contributed by atoms with Gasteiger partial charge in [0.2, 0.25) is 11.8 Å². The van der Waals surface area contributed by atoms with Crippen LogP contribution in [0.15, 0.2) is 18.3 Å². The molecule has 3 aliphatic rings. The molecule has 26 heavy (non-hydrogen) atoms. The maximum atomic E-state index is 12.9. The Morgan fingerprint density at radius 3 is 2.85 bits per heavy atom. The summed E-state index contributed by atoms with van der Waals surface area (Å²) < 4.78 is 18.9. The van der Waals surface area contributed by atoms with Gasteiger partial charge in [-0.05, 0) is 50.2 Å². The number of pyridine rings is 1. The molecule has 0 bridgehead atoms. The lowest BCUT2D eigenvalue weighted by Gasteiger charge is -2.34. The van der Waals surface area contributed by atoms with Gasteiger partial charge >= 0.3 is 0 Å². The van der Waals surface area contributed by atoms with E-state index in [0.29, 0.717) is 30.7 Å². The van der Waals surface area contributed by atoms with Crippen LogP contribution in [0.2, 0.25) is 0 Å². The highest BCUT2D eigenvalue weighted by atomic mass is 19.1. The van der Waals surface area contributed by atoms with E-state index in [0.717, 1.165) is 31.9 Å².